The second-order valence-electron chi connectivity index (χ2n) is 4.94. The summed E-state index contributed by atoms with van der Waals surface area (Å²) >= 11 is 0. The first-order valence-electron chi connectivity index (χ1n) is 6.20. The largest absolute Gasteiger partial charge is 0.311 e. The molecule has 1 saturated heterocycles. The van der Waals surface area contributed by atoms with E-state index in [1.807, 2.05) is 0 Å². The van der Waals surface area contributed by atoms with E-state index in [2.05, 4.69) is 55.3 Å². The summed E-state index contributed by atoms with van der Waals surface area (Å²) in [5.41, 5.74) is 2.76. The van der Waals surface area contributed by atoms with E-state index >= 15 is 0 Å². The number of hydrogen-bond donors (Lipinski definition) is 1. The number of nitrogens with one attached hydrogen (secondary N) is 1. The number of rotatable bonds is 2. The minimum atomic E-state index is 0.596. The van der Waals surface area contributed by atoms with Gasteiger partial charge >= 0.3 is 0 Å². The minimum absolute atomic E-state index is 0.596. The predicted molar refractivity (Wildman–Crippen MR) is 68.5 cm³/mol. The van der Waals surface area contributed by atoms with Gasteiger partial charge in [0.2, 0.25) is 0 Å². The second kappa shape index (κ2) is 4.98. The van der Waals surface area contributed by atoms with E-state index in [9.17, 15) is 0 Å². The number of aryl methyl sites for hydroxylation is 1. The lowest BCUT2D eigenvalue weighted by molar-refractivity contribution is 0.131. The molecule has 2 atom stereocenters. The lowest BCUT2D eigenvalue weighted by Gasteiger charge is -2.38. The highest BCUT2D eigenvalue weighted by Gasteiger charge is 2.23. The molecule has 0 aromatic heterocycles. The van der Waals surface area contributed by atoms with E-state index in [1.165, 1.54) is 11.1 Å². The highest BCUT2D eigenvalue weighted by molar-refractivity contribution is 5.21. The van der Waals surface area contributed by atoms with Crippen molar-refractivity contribution < 1.29 is 0 Å². The van der Waals surface area contributed by atoms with Gasteiger partial charge in [-0.2, -0.15) is 0 Å². The zero-order valence-electron chi connectivity index (χ0n) is 10.5. The van der Waals surface area contributed by atoms with Gasteiger partial charge in [0.25, 0.3) is 0 Å². The SMILES string of the molecule is Cc1ccc(CN2CCNC(C)C2C)cc1. The Morgan fingerprint density at radius 2 is 1.94 bits per heavy atom. The van der Waals surface area contributed by atoms with E-state index in [1.54, 1.807) is 0 Å². The maximum atomic E-state index is 3.51. The van der Waals surface area contributed by atoms with E-state index in [0.717, 1.165) is 19.6 Å². The lowest BCUT2D eigenvalue weighted by Crippen LogP contribution is -2.54. The Labute approximate surface area is 98.7 Å². The van der Waals surface area contributed by atoms with Crippen molar-refractivity contribution in [2.45, 2.75) is 39.4 Å². The van der Waals surface area contributed by atoms with Gasteiger partial charge in [-0.3, -0.25) is 4.90 Å². The topological polar surface area (TPSA) is 15.3 Å². The lowest BCUT2D eigenvalue weighted by atomic mass is 10.1. The Morgan fingerprint density at radius 3 is 2.62 bits per heavy atom. The summed E-state index contributed by atoms with van der Waals surface area (Å²) in [6.07, 6.45) is 0. The van der Waals surface area contributed by atoms with Crippen molar-refractivity contribution >= 4 is 0 Å². The molecule has 2 nitrogen and oxygen atoms in total. The van der Waals surface area contributed by atoms with Crippen molar-refractivity contribution in [2.24, 2.45) is 0 Å². The van der Waals surface area contributed by atoms with Gasteiger partial charge in [0.1, 0.15) is 0 Å². The molecule has 1 aliphatic heterocycles. The highest BCUT2D eigenvalue weighted by atomic mass is 15.2. The van der Waals surface area contributed by atoms with Crippen LogP contribution in [0.5, 0.6) is 0 Å². The van der Waals surface area contributed by atoms with Crippen LogP contribution in [0, 0.1) is 6.92 Å². The standard InChI is InChI=1S/C14H22N2/c1-11-4-6-14(7-5-11)10-16-9-8-15-12(2)13(16)3/h4-7,12-13,15H,8-10H2,1-3H3. The smallest absolute Gasteiger partial charge is 0.0237 e. The maximum absolute atomic E-state index is 3.51. The van der Waals surface area contributed by atoms with Crippen LogP contribution >= 0.6 is 0 Å². The molecule has 0 spiro atoms. The average Bonchev–Trinajstić information content (AvgIpc) is 2.28. The molecule has 1 aromatic carbocycles. The fraction of sp³-hybridized carbons (Fsp3) is 0.571. The Balaban J connectivity index is 2.00. The van der Waals surface area contributed by atoms with Gasteiger partial charge in [0.15, 0.2) is 0 Å². The summed E-state index contributed by atoms with van der Waals surface area (Å²) in [6.45, 7) is 10.1. The first kappa shape index (κ1) is 11.6. The molecule has 2 unspecified atom stereocenters. The second-order valence-corrected chi connectivity index (χ2v) is 4.94. The summed E-state index contributed by atoms with van der Waals surface area (Å²) in [5.74, 6) is 0. The molecule has 16 heavy (non-hydrogen) atoms. The Bertz CT molecular complexity index is 331. The predicted octanol–water partition coefficient (Wildman–Crippen LogP) is 2.18. The van der Waals surface area contributed by atoms with Gasteiger partial charge in [0.05, 0.1) is 0 Å². The molecule has 1 fully saturated rings. The van der Waals surface area contributed by atoms with E-state index in [-0.39, 0.29) is 0 Å². The van der Waals surface area contributed by atoms with Gasteiger partial charge in [0, 0.05) is 31.7 Å². The number of piperazine rings is 1. The quantitative estimate of drug-likeness (QED) is 0.818. The third kappa shape index (κ3) is 2.63. The molecule has 0 radical (unpaired) electrons. The molecule has 0 bridgehead atoms. The van der Waals surface area contributed by atoms with Crippen LogP contribution < -0.4 is 5.32 Å². The average molecular weight is 218 g/mol. The van der Waals surface area contributed by atoms with Crippen molar-refractivity contribution in [2.75, 3.05) is 13.1 Å². The van der Waals surface area contributed by atoms with Gasteiger partial charge in [-0.15, -0.1) is 0 Å². The van der Waals surface area contributed by atoms with Crippen LogP contribution in [0.1, 0.15) is 25.0 Å². The zero-order valence-corrected chi connectivity index (χ0v) is 10.5. The van der Waals surface area contributed by atoms with Crippen molar-refractivity contribution in [3.8, 4) is 0 Å². The summed E-state index contributed by atoms with van der Waals surface area (Å²) in [5, 5.41) is 3.51. The van der Waals surface area contributed by atoms with Crippen LogP contribution in [0.2, 0.25) is 0 Å². The zero-order chi connectivity index (χ0) is 11.5. The van der Waals surface area contributed by atoms with Crippen LogP contribution in [-0.2, 0) is 6.54 Å². The van der Waals surface area contributed by atoms with Crippen LogP contribution in [0.25, 0.3) is 0 Å². The first-order valence-corrected chi connectivity index (χ1v) is 6.20. The molecule has 2 rings (SSSR count). The normalized spacial score (nSPS) is 26.9. The van der Waals surface area contributed by atoms with Crippen LogP contribution in [0.4, 0.5) is 0 Å². The first-order chi connectivity index (χ1) is 7.66. The van der Waals surface area contributed by atoms with Crippen molar-refractivity contribution in [1.82, 2.24) is 10.2 Å². The number of nitrogens with zero attached hydrogens (tertiary/aromatic N) is 1. The summed E-state index contributed by atoms with van der Waals surface area (Å²) < 4.78 is 0. The molecule has 1 aliphatic rings. The summed E-state index contributed by atoms with van der Waals surface area (Å²) in [6, 6.07) is 10.1. The number of benzene rings is 1. The summed E-state index contributed by atoms with van der Waals surface area (Å²) in [4.78, 5) is 2.56. The van der Waals surface area contributed by atoms with Crippen molar-refractivity contribution in [3.63, 3.8) is 0 Å². The van der Waals surface area contributed by atoms with Gasteiger partial charge in [-0.25, -0.2) is 0 Å². The van der Waals surface area contributed by atoms with Crippen molar-refractivity contribution in [1.29, 1.82) is 0 Å². The molecule has 1 heterocycles. The van der Waals surface area contributed by atoms with Gasteiger partial charge in [-0.1, -0.05) is 29.8 Å². The fourth-order valence-electron chi connectivity index (χ4n) is 2.28. The molecule has 88 valence electrons. The monoisotopic (exact) mass is 218 g/mol. The highest BCUT2D eigenvalue weighted by Crippen LogP contribution is 2.14. The molecule has 0 aliphatic carbocycles. The van der Waals surface area contributed by atoms with E-state index in [0.29, 0.717) is 12.1 Å². The van der Waals surface area contributed by atoms with Crippen LogP contribution in [0.15, 0.2) is 24.3 Å². The van der Waals surface area contributed by atoms with E-state index < -0.39 is 0 Å². The third-order valence-corrected chi connectivity index (χ3v) is 3.67. The molecule has 0 saturated carbocycles. The molecule has 1 aromatic rings. The molecule has 1 N–H and O–H groups in total. The molecule has 2 heteroatoms. The minimum Gasteiger partial charge on any atom is -0.311 e. The van der Waals surface area contributed by atoms with Crippen LogP contribution in [-0.4, -0.2) is 30.1 Å². The van der Waals surface area contributed by atoms with Crippen molar-refractivity contribution in [3.05, 3.63) is 35.4 Å². The summed E-state index contributed by atoms with van der Waals surface area (Å²) in [7, 11) is 0. The molecule has 0 amide bonds. The van der Waals surface area contributed by atoms with E-state index in [4.69, 9.17) is 0 Å². The fourth-order valence-corrected chi connectivity index (χ4v) is 2.28. The molecular formula is C14H22N2. The van der Waals surface area contributed by atoms with Crippen LogP contribution in [0.3, 0.4) is 0 Å². The Kier molecular flexibility index (Phi) is 3.62. The maximum Gasteiger partial charge on any atom is 0.0237 e. The Morgan fingerprint density at radius 1 is 1.25 bits per heavy atom. The third-order valence-electron chi connectivity index (χ3n) is 3.67. The number of hydrogen-bond acceptors (Lipinski definition) is 2. The Hall–Kier alpha value is -0.860. The molecular weight excluding hydrogens is 196 g/mol. The van der Waals surface area contributed by atoms with Gasteiger partial charge < -0.3 is 5.32 Å². The van der Waals surface area contributed by atoms with Gasteiger partial charge in [-0.05, 0) is 26.3 Å².